The monoisotopic (exact) mass is 370 g/mol. The van der Waals surface area contributed by atoms with Crippen LogP contribution in [0.3, 0.4) is 0 Å². The van der Waals surface area contributed by atoms with Gasteiger partial charge in [-0.15, -0.1) is 0 Å². The van der Waals surface area contributed by atoms with E-state index in [0.717, 1.165) is 35.9 Å². The lowest BCUT2D eigenvalue weighted by Crippen LogP contribution is -2.29. The van der Waals surface area contributed by atoms with Gasteiger partial charge in [-0.1, -0.05) is 31.0 Å². The summed E-state index contributed by atoms with van der Waals surface area (Å²) in [5.41, 5.74) is 7.65. The highest BCUT2D eigenvalue weighted by atomic mass is 16.5. The Labute approximate surface area is 161 Å². The maximum atomic E-state index is 5.92. The zero-order valence-corrected chi connectivity index (χ0v) is 15.9. The van der Waals surface area contributed by atoms with Crippen molar-refractivity contribution in [3.8, 4) is 11.5 Å². The lowest BCUT2D eigenvalue weighted by atomic mass is 10.2. The molecule has 0 spiro atoms. The van der Waals surface area contributed by atoms with Crippen molar-refractivity contribution < 1.29 is 14.2 Å². The zero-order chi connectivity index (χ0) is 18.7. The van der Waals surface area contributed by atoms with Gasteiger partial charge in [-0.3, -0.25) is 0 Å². The van der Waals surface area contributed by atoms with Gasteiger partial charge in [0, 0.05) is 23.8 Å². The molecule has 5 heteroatoms. The van der Waals surface area contributed by atoms with Crippen molar-refractivity contribution >= 4 is 5.69 Å². The molecule has 146 valence electrons. The molecule has 1 aliphatic carbocycles. The number of hydrogen-bond acceptors (Lipinski definition) is 5. The summed E-state index contributed by atoms with van der Waals surface area (Å²) < 4.78 is 17.1. The maximum absolute atomic E-state index is 5.92. The second-order valence-corrected chi connectivity index (χ2v) is 6.86. The van der Waals surface area contributed by atoms with Crippen molar-refractivity contribution in [3.63, 3.8) is 0 Å². The average Bonchev–Trinajstić information content (AvgIpc) is 3.21. The van der Waals surface area contributed by atoms with Crippen LogP contribution in [0.2, 0.25) is 0 Å². The number of nitrogens with two attached hydrogens (primary N) is 1. The number of rotatable bonds is 11. The van der Waals surface area contributed by atoms with E-state index in [1.807, 2.05) is 48.5 Å². The molecule has 0 bridgehead atoms. The Bertz CT molecular complexity index is 670. The third-order valence-corrected chi connectivity index (χ3v) is 4.80. The van der Waals surface area contributed by atoms with Gasteiger partial charge in [0.25, 0.3) is 0 Å². The fraction of sp³-hybridized carbons (Fsp3) is 0.455. The van der Waals surface area contributed by atoms with Gasteiger partial charge in [-0.25, -0.2) is 0 Å². The molecule has 5 nitrogen and oxygen atoms in total. The third-order valence-electron chi connectivity index (χ3n) is 4.80. The molecule has 0 atom stereocenters. The average molecular weight is 370 g/mol. The molecule has 0 unspecified atom stereocenters. The smallest absolute Gasteiger partial charge is 0.120 e. The summed E-state index contributed by atoms with van der Waals surface area (Å²) in [6.45, 7) is 3.25. The van der Waals surface area contributed by atoms with E-state index in [2.05, 4.69) is 5.32 Å². The number of nitrogen functional groups attached to an aromatic ring is 1. The zero-order valence-electron chi connectivity index (χ0n) is 15.9. The SMILES string of the molecule is Nc1ccccc1COc1ccc(OCCOCCNC2CCCC2)cc1. The summed E-state index contributed by atoms with van der Waals surface area (Å²) in [6, 6.07) is 16.0. The van der Waals surface area contributed by atoms with E-state index in [-0.39, 0.29) is 0 Å². The molecule has 27 heavy (non-hydrogen) atoms. The van der Waals surface area contributed by atoms with Crippen LogP contribution in [0.15, 0.2) is 48.5 Å². The third kappa shape index (κ3) is 6.77. The topological polar surface area (TPSA) is 65.7 Å². The van der Waals surface area contributed by atoms with Crippen LogP contribution in [0.25, 0.3) is 0 Å². The van der Waals surface area contributed by atoms with Crippen molar-refractivity contribution in [1.29, 1.82) is 0 Å². The summed E-state index contributed by atoms with van der Waals surface area (Å²) in [6.07, 6.45) is 5.33. The van der Waals surface area contributed by atoms with E-state index < -0.39 is 0 Å². The van der Waals surface area contributed by atoms with Gasteiger partial charge in [0.1, 0.15) is 24.7 Å². The molecule has 0 radical (unpaired) electrons. The Morgan fingerprint density at radius 1 is 0.852 bits per heavy atom. The molecule has 1 saturated carbocycles. The number of ether oxygens (including phenoxy) is 3. The Kier molecular flexibility index (Phi) is 7.81. The van der Waals surface area contributed by atoms with Crippen LogP contribution < -0.4 is 20.5 Å². The molecule has 0 saturated heterocycles. The minimum Gasteiger partial charge on any atom is -0.491 e. The van der Waals surface area contributed by atoms with Crippen LogP contribution in [-0.4, -0.2) is 32.4 Å². The molecule has 0 heterocycles. The van der Waals surface area contributed by atoms with Gasteiger partial charge in [0.15, 0.2) is 0 Å². The summed E-state index contributed by atoms with van der Waals surface area (Å²) in [5, 5.41) is 3.54. The second kappa shape index (κ2) is 10.8. The molecular formula is C22H30N2O3. The summed E-state index contributed by atoms with van der Waals surface area (Å²) >= 11 is 0. The van der Waals surface area contributed by atoms with Crippen molar-refractivity contribution in [2.45, 2.75) is 38.3 Å². The van der Waals surface area contributed by atoms with Crippen molar-refractivity contribution in [2.75, 3.05) is 32.1 Å². The first-order chi connectivity index (χ1) is 13.3. The molecule has 0 aliphatic heterocycles. The van der Waals surface area contributed by atoms with Gasteiger partial charge in [0.05, 0.1) is 13.2 Å². The summed E-state index contributed by atoms with van der Waals surface area (Å²) in [4.78, 5) is 0. The highest BCUT2D eigenvalue weighted by molar-refractivity contribution is 5.46. The first kappa shape index (κ1) is 19.5. The lowest BCUT2D eigenvalue weighted by molar-refractivity contribution is 0.100. The highest BCUT2D eigenvalue weighted by Gasteiger charge is 2.13. The lowest BCUT2D eigenvalue weighted by Gasteiger charge is -2.12. The largest absolute Gasteiger partial charge is 0.491 e. The first-order valence-electron chi connectivity index (χ1n) is 9.81. The molecule has 1 fully saturated rings. The first-order valence-corrected chi connectivity index (χ1v) is 9.81. The highest BCUT2D eigenvalue weighted by Crippen LogP contribution is 2.20. The number of anilines is 1. The molecule has 2 aromatic rings. The molecule has 2 aromatic carbocycles. The van der Waals surface area contributed by atoms with Crippen LogP contribution in [0, 0.1) is 0 Å². The van der Waals surface area contributed by atoms with E-state index in [1.54, 1.807) is 0 Å². The normalized spacial score (nSPS) is 14.4. The predicted molar refractivity (Wildman–Crippen MR) is 108 cm³/mol. The summed E-state index contributed by atoms with van der Waals surface area (Å²) in [5.74, 6) is 1.61. The van der Waals surface area contributed by atoms with E-state index in [0.29, 0.717) is 25.9 Å². The van der Waals surface area contributed by atoms with E-state index in [1.165, 1.54) is 25.7 Å². The predicted octanol–water partition coefficient (Wildman–Crippen LogP) is 3.78. The fourth-order valence-electron chi connectivity index (χ4n) is 3.24. The fourth-order valence-corrected chi connectivity index (χ4v) is 3.24. The standard InChI is InChI=1S/C22H30N2O3/c23-22-8-4-1-5-18(22)17-27-21-11-9-20(10-12-21)26-16-15-25-14-13-24-19-6-2-3-7-19/h1,4-5,8-12,19,24H,2-3,6-7,13-17,23H2. The maximum Gasteiger partial charge on any atom is 0.120 e. The van der Waals surface area contributed by atoms with Gasteiger partial charge in [-0.2, -0.15) is 0 Å². The van der Waals surface area contributed by atoms with Gasteiger partial charge in [-0.05, 0) is 43.2 Å². The minimum absolute atomic E-state index is 0.454. The molecule has 3 rings (SSSR count). The van der Waals surface area contributed by atoms with Crippen LogP contribution in [-0.2, 0) is 11.3 Å². The van der Waals surface area contributed by atoms with Crippen molar-refractivity contribution in [2.24, 2.45) is 0 Å². The van der Waals surface area contributed by atoms with Gasteiger partial charge >= 0.3 is 0 Å². The minimum atomic E-state index is 0.454. The molecule has 1 aliphatic rings. The molecular weight excluding hydrogens is 340 g/mol. The number of hydrogen-bond donors (Lipinski definition) is 2. The van der Waals surface area contributed by atoms with E-state index in [4.69, 9.17) is 19.9 Å². The van der Waals surface area contributed by atoms with Gasteiger partial charge < -0.3 is 25.3 Å². The van der Waals surface area contributed by atoms with Gasteiger partial charge in [0.2, 0.25) is 0 Å². The van der Waals surface area contributed by atoms with E-state index >= 15 is 0 Å². The Morgan fingerprint density at radius 2 is 1.56 bits per heavy atom. The Morgan fingerprint density at radius 3 is 2.30 bits per heavy atom. The van der Waals surface area contributed by atoms with Crippen molar-refractivity contribution in [1.82, 2.24) is 5.32 Å². The van der Waals surface area contributed by atoms with Crippen LogP contribution >= 0.6 is 0 Å². The number of benzene rings is 2. The molecule has 3 N–H and O–H groups in total. The van der Waals surface area contributed by atoms with Crippen LogP contribution in [0.4, 0.5) is 5.69 Å². The van der Waals surface area contributed by atoms with Crippen LogP contribution in [0.1, 0.15) is 31.2 Å². The number of para-hydroxylation sites is 1. The van der Waals surface area contributed by atoms with Crippen LogP contribution in [0.5, 0.6) is 11.5 Å². The Hall–Kier alpha value is -2.24. The molecule has 0 amide bonds. The Balaban J connectivity index is 1.27. The second-order valence-electron chi connectivity index (χ2n) is 6.86. The van der Waals surface area contributed by atoms with Crippen molar-refractivity contribution in [3.05, 3.63) is 54.1 Å². The summed E-state index contributed by atoms with van der Waals surface area (Å²) in [7, 11) is 0. The molecule has 0 aromatic heterocycles. The van der Waals surface area contributed by atoms with E-state index in [9.17, 15) is 0 Å². The number of nitrogens with one attached hydrogen (secondary N) is 1. The quantitative estimate of drug-likeness (QED) is 0.465.